The minimum absolute atomic E-state index is 1.00. The molecule has 0 aromatic carbocycles. The van der Waals surface area contributed by atoms with Crippen LogP contribution in [0.5, 0.6) is 0 Å². The van der Waals surface area contributed by atoms with Crippen molar-refractivity contribution in [1.82, 2.24) is 0 Å². The van der Waals surface area contributed by atoms with Crippen LogP contribution in [0, 0.1) is 23.7 Å². The number of hydrogen-bond acceptors (Lipinski definition) is 0. The maximum Gasteiger partial charge on any atom is -0.0322 e. The summed E-state index contributed by atoms with van der Waals surface area (Å²) in [5.74, 6) is 4.17. The summed E-state index contributed by atoms with van der Waals surface area (Å²) in [6.07, 6.45) is 19.6. The van der Waals surface area contributed by atoms with Crippen LogP contribution in [0.25, 0.3) is 0 Å². The minimum Gasteiger partial charge on any atom is -0.0917 e. The zero-order chi connectivity index (χ0) is 12.8. The molecule has 0 aliphatic heterocycles. The van der Waals surface area contributed by atoms with Gasteiger partial charge in [0.05, 0.1) is 0 Å². The zero-order valence-corrected chi connectivity index (χ0v) is 12.5. The average Bonchev–Trinajstić information content (AvgIpc) is 2.41. The minimum atomic E-state index is 1.00. The first-order valence-corrected chi connectivity index (χ1v) is 8.39. The van der Waals surface area contributed by atoms with Crippen LogP contribution in [0.15, 0.2) is 12.2 Å². The molecule has 0 spiro atoms. The van der Waals surface area contributed by atoms with Crippen LogP contribution in [-0.4, -0.2) is 0 Å². The highest BCUT2D eigenvalue weighted by atomic mass is 14.3. The first-order chi connectivity index (χ1) is 8.78. The van der Waals surface area contributed by atoms with Gasteiger partial charge in [0.2, 0.25) is 0 Å². The SMILES string of the molecule is C/C=C/CC1CCC(CC2CCC(C)CC2)CC1. The molecule has 0 atom stereocenters. The Morgan fingerprint density at radius 3 is 1.83 bits per heavy atom. The van der Waals surface area contributed by atoms with Crippen LogP contribution in [0.4, 0.5) is 0 Å². The van der Waals surface area contributed by atoms with Crippen LogP contribution in [0.3, 0.4) is 0 Å². The Morgan fingerprint density at radius 2 is 1.28 bits per heavy atom. The predicted molar refractivity (Wildman–Crippen MR) is 80.6 cm³/mol. The van der Waals surface area contributed by atoms with E-state index in [4.69, 9.17) is 0 Å². The lowest BCUT2D eigenvalue weighted by atomic mass is 9.73. The fourth-order valence-electron chi connectivity index (χ4n) is 4.07. The summed E-state index contributed by atoms with van der Waals surface area (Å²) in [5.41, 5.74) is 0. The van der Waals surface area contributed by atoms with Gasteiger partial charge in [-0.05, 0) is 56.3 Å². The normalized spacial score (nSPS) is 38.1. The van der Waals surface area contributed by atoms with Crippen molar-refractivity contribution in [2.75, 3.05) is 0 Å². The van der Waals surface area contributed by atoms with Gasteiger partial charge in [-0.25, -0.2) is 0 Å². The maximum atomic E-state index is 2.43. The van der Waals surface area contributed by atoms with E-state index >= 15 is 0 Å². The Bertz CT molecular complexity index is 237. The lowest BCUT2D eigenvalue weighted by Gasteiger charge is -2.33. The van der Waals surface area contributed by atoms with E-state index in [9.17, 15) is 0 Å². The van der Waals surface area contributed by atoms with Gasteiger partial charge in [0.25, 0.3) is 0 Å². The maximum absolute atomic E-state index is 2.43. The highest BCUT2D eigenvalue weighted by molar-refractivity contribution is 4.84. The van der Waals surface area contributed by atoms with Gasteiger partial charge in [-0.15, -0.1) is 0 Å². The van der Waals surface area contributed by atoms with E-state index in [0.29, 0.717) is 0 Å². The lowest BCUT2D eigenvalue weighted by Crippen LogP contribution is -2.20. The fraction of sp³-hybridized carbons (Fsp3) is 0.889. The van der Waals surface area contributed by atoms with E-state index in [-0.39, 0.29) is 0 Å². The second-order valence-electron chi connectivity index (χ2n) is 7.05. The van der Waals surface area contributed by atoms with Crippen molar-refractivity contribution < 1.29 is 0 Å². The predicted octanol–water partition coefficient (Wildman–Crippen LogP) is 5.98. The van der Waals surface area contributed by atoms with Gasteiger partial charge in [0, 0.05) is 0 Å². The molecule has 2 rings (SSSR count). The van der Waals surface area contributed by atoms with Crippen molar-refractivity contribution in [3.05, 3.63) is 12.2 Å². The molecular formula is C18H32. The van der Waals surface area contributed by atoms with E-state index in [1.165, 1.54) is 57.8 Å². The summed E-state index contributed by atoms with van der Waals surface area (Å²) in [6.45, 7) is 4.58. The van der Waals surface area contributed by atoms with E-state index in [2.05, 4.69) is 26.0 Å². The van der Waals surface area contributed by atoms with Crippen molar-refractivity contribution in [3.63, 3.8) is 0 Å². The number of allylic oxidation sites excluding steroid dienone is 2. The molecule has 0 heterocycles. The Labute approximate surface area is 114 Å². The van der Waals surface area contributed by atoms with Gasteiger partial charge < -0.3 is 0 Å². The molecule has 0 heteroatoms. The quantitative estimate of drug-likeness (QED) is 0.537. The second-order valence-corrected chi connectivity index (χ2v) is 7.05. The van der Waals surface area contributed by atoms with Gasteiger partial charge >= 0.3 is 0 Å². The molecule has 0 unspecified atom stereocenters. The standard InChI is InChI=1S/C18H32/c1-3-4-5-16-10-12-18(13-11-16)14-17-8-6-15(2)7-9-17/h3-4,15-18H,5-14H2,1-2H3/b4-3+. The third-order valence-corrected chi connectivity index (χ3v) is 5.47. The summed E-state index contributed by atoms with van der Waals surface area (Å²) in [4.78, 5) is 0. The van der Waals surface area contributed by atoms with Crippen molar-refractivity contribution in [1.29, 1.82) is 0 Å². The lowest BCUT2D eigenvalue weighted by molar-refractivity contribution is 0.196. The molecule has 0 saturated heterocycles. The van der Waals surface area contributed by atoms with Gasteiger partial charge in [-0.2, -0.15) is 0 Å². The number of rotatable bonds is 4. The highest BCUT2D eigenvalue weighted by Gasteiger charge is 2.25. The van der Waals surface area contributed by atoms with Gasteiger partial charge in [-0.1, -0.05) is 57.6 Å². The monoisotopic (exact) mass is 248 g/mol. The van der Waals surface area contributed by atoms with Crippen LogP contribution < -0.4 is 0 Å². The molecule has 0 radical (unpaired) electrons. The molecule has 0 aromatic heterocycles. The molecule has 0 bridgehead atoms. The molecule has 2 saturated carbocycles. The summed E-state index contributed by atoms with van der Waals surface area (Å²) in [7, 11) is 0. The number of hydrogen-bond donors (Lipinski definition) is 0. The van der Waals surface area contributed by atoms with Gasteiger partial charge in [0.1, 0.15) is 0 Å². The molecule has 2 aliphatic rings. The fourth-order valence-corrected chi connectivity index (χ4v) is 4.07. The second kappa shape index (κ2) is 7.36. The molecule has 104 valence electrons. The topological polar surface area (TPSA) is 0 Å². The van der Waals surface area contributed by atoms with Crippen molar-refractivity contribution in [3.8, 4) is 0 Å². The van der Waals surface area contributed by atoms with Gasteiger partial charge in [-0.3, -0.25) is 0 Å². The summed E-state index contributed by atoms with van der Waals surface area (Å²) in [6, 6.07) is 0. The molecule has 2 fully saturated rings. The summed E-state index contributed by atoms with van der Waals surface area (Å²) >= 11 is 0. The molecule has 18 heavy (non-hydrogen) atoms. The van der Waals surface area contributed by atoms with Crippen LogP contribution >= 0.6 is 0 Å². The smallest absolute Gasteiger partial charge is 0.0322 e. The summed E-state index contributed by atoms with van der Waals surface area (Å²) < 4.78 is 0. The van der Waals surface area contributed by atoms with Crippen molar-refractivity contribution >= 4 is 0 Å². The molecule has 0 N–H and O–H groups in total. The third kappa shape index (κ3) is 4.44. The van der Waals surface area contributed by atoms with E-state index < -0.39 is 0 Å². The summed E-state index contributed by atoms with van der Waals surface area (Å²) in [5, 5.41) is 0. The average molecular weight is 248 g/mol. The molecule has 2 aliphatic carbocycles. The van der Waals surface area contributed by atoms with Crippen LogP contribution in [0.1, 0.15) is 78.1 Å². The molecule has 0 aromatic rings. The van der Waals surface area contributed by atoms with E-state index in [0.717, 1.165) is 23.7 Å². The Hall–Kier alpha value is -0.260. The first-order valence-electron chi connectivity index (χ1n) is 8.39. The Morgan fingerprint density at radius 1 is 0.778 bits per heavy atom. The Balaban J connectivity index is 1.64. The van der Waals surface area contributed by atoms with Gasteiger partial charge in [0.15, 0.2) is 0 Å². The molecule has 0 nitrogen and oxygen atoms in total. The third-order valence-electron chi connectivity index (χ3n) is 5.47. The van der Waals surface area contributed by atoms with E-state index in [1.807, 2.05) is 0 Å². The Kier molecular flexibility index (Phi) is 5.79. The largest absolute Gasteiger partial charge is 0.0917 e. The van der Waals surface area contributed by atoms with Crippen LogP contribution in [-0.2, 0) is 0 Å². The zero-order valence-electron chi connectivity index (χ0n) is 12.5. The highest BCUT2D eigenvalue weighted by Crippen LogP contribution is 2.38. The van der Waals surface area contributed by atoms with Crippen LogP contribution in [0.2, 0.25) is 0 Å². The molecular weight excluding hydrogens is 216 g/mol. The van der Waals surface area contributed by atoms with Crippen molar-refractivity contribution in [2.45, 2.75) is 78.1 Å². The van der Waals surface area contributed by atoms with E-state index in [1.54, 1.807) is 6.42 Å². The first kappa shape index (κ1) is 14.2. The molecule has 0 amide bonds. The van der Waals surface area contributed by atoms with Crippen molar-refractivity contribution in [2.24, 2.45) is 23.7 Å².